The minimum Gasteiger partial charge on any atom is -0.375 e. The summed E-state index contributed by atoms with van der Waals surface area (Å²) < 4.78 is 5.81. The highest BCUT2D eigenvalue weighted by atomic mass is 16.5. The topological polar surface area (TPSA) is 71.1 Å². The van der Waals surface area contributed by atoms with Gasteiger partial charge in [0.25, 0.3) is 5.91 Å². The number of aromatic nitrogens is 3. The standard InChI is InChI=1S/C17H24N4O2/c1-12(2)4-3-5-14-11-21(8-9-23-14)17(22)13-6-7-15-16(10-13)19-20-18-15/h6-7,10,12,14H,3-5,8-9,11H2,1-2H3,(H,18,19,20)/t14-/m1/s1. The largest absolute Gasteiger partial charge is 0.375 e. The first-order chi connectivity index (χ1) is 11.1. The van der Waals surface area contributed by atoms with Crippen molar-refractivity contribution in [3.63, 3.8) is 0 Å². The molecule has 6 nitrogen and oxygen atoms in total. The van der Waals surface area contributed by atoms with E-state index in [9.17, 15) is 4.79 Å². The molecular formula is C17H24N4O2. The van der Waals surface area contributed by atoms with Gasteiger partial charge < -0.3 is 9.64 Å². The van der Waals surface area contributed by atoms with Crippen LogP contribution in [0.25, 0.3) is 11.0 Å². The van der Waals surface area contributed by atoms with E-state index in [1.165, 1.54) is 6.42 Å². The fourth-order valence-electron chi connectivity index (χ4n) is 2.99. The molecule has 1 atom stereocenters. The Labute approximate surface area is 136 Å². The van der Waals surface area contributed by atoms with Crippen molar-refractivity contribution in [1.29, 1.82) is 0 Å². The second-order valence-corrected chi connectivity index (χ2v) is 6.60. The molecule has 0 unspecified atom stereocenters. The molecular weight excluding hydrogens is 292 g/mol. The fourth-order valence-corrected chi connectivity index (χ4v) is 2.99. The minimum absolute atomic E-state index is 0.0482. The van der Waals surface area contributed by atoms with Crippen LogP contribution in [0.1, 0.15) is 43.5 Å². The maximum Gasteiger partial charge on any atom is 0.254 e. The van der Waals surface area contributed by atoms with Gasteiger partial charge in [-0.15, -0.1) is 0 Å². The lowest BCUT2D eigenvalue weighted by Crippen LogP contribution is -2.45. The molecule has 1 amide bonds. The van der Waals surface area contributed by atoms with Crippen LogP contribution in [0.4, 0.5) is 0 Å². The Hall–Kier alpha value is -1.95. The molecule has 1 aromatic carbocycles. The van der Waals surface area contributed by atoms with E-state index in [-0.39, 0.29) is 12.0 Å². The van der Waals surface area contributed by atoms with Crippen LogP contribution in [0.15, 0.2) is 18.2 Å². The highest BCUT2D eigenvalue weighted by Gasteiger charge is 2.25. The van der Waals surface area contributed by atoms with Crippen LogP contribution in [0.3, 0.4) is 0 Å². The number of hydrogen-bond acceptors (Lipinski definition) is 4. The quantitative estimate of drug-likeness (QED) is 0.920. The van der Waals surface area contributed by atoms with E-state index in [1.807, 2.05) is 17.0 Å². The molecule has 0 saturated carbocycles. The number of morpholine rings is 1. The monoisotopic (exact) mass is 316 g/mol. The number of aromatic amines is 1. The Morgan fingerprint density at radius 1 is 1.39 bits per heavy atom. The number of nitrogens with one attached hydrogen (secondary N) is 1. The third kappa shape index (κ3) is 3.88. The third-order valence-electron chi connectivity index (χ3n) is 4.30. The lowest BCUT2D eigenvalue weighted by molar-refractivity contribution is -0.0260. The Morgan fingerprint density at radius 3 is 3.04 bits per heavy atom. The summed E-state index contributed by atoms with van der Waals surface area (Å²) >= 11 is 0. The predicted octanol–water partition coefficient (Wildman–Crippen LogP) is 2.63. The summed E-state index contributed by atoms with van der Waals surface area (Å²) in [5, 5.41) is 10.6. The van der Waals surface area contributed by atoms with Gasteiger partial charge in [0.15, 0.2) is 0 Å². The zero-order valence-corrected chi connectivity index (χ0v) is 13.8. The maximum atomic E-state index is 12.7. The average Bonchev–Trinajstić information content (AvgIpc) is 3.01. The lowest BCUT2D eigenvalue weighted by Gasteiger charge is -2.33. The zero-order chi connectivity index (χ0) is 16.2. The number of H-pyrrole nitrogens is 1. The molecule has 1 aliphatic heterocycles. The number of nitrogens with zero attached hydrogens (tertiary/aromatic N) is 3. The molecule has 1 saturated heterocycles. The van der Waals surface area contributed by atoms with Crippen LogP contribution >= 0.6 is 0 Å². The van der Waals surface area contributed by atoms with E-state index in [2.05, 4.69) is 29.3 Å². The van der Waals surface area contributed by atoms with Gasteiger partial charge in [0.1, 0.15) is 11.0 Å². The molecule has 0 spiro atoms. The van der Waals surface area contributed by atoms with E-state index in [1.54, 1.807) is 6.07 Å². The van der Waals surface area contributed by atoms with Crippen molar-refractivity contribution >= 4 is 16.9 Å². The second-order valence-electron chi connectivity index (χ2n) is 6.60. The third-order valence-corrected chi connectivity index (χ3v) is 4.30. The van der Waals surface area contributed by atoms with Crippen LogP contribution in [-0.4, -0.2) is 52.0 Å². The molecule has 2 aromatic rings. The summed E-state index contributed by atoms with van der Waals surface area (Å²) in [5.41, 5.74) is 2.15. The molecule has 6 heteroatoms. The SMILES string of the molecule is CC(C)CCC[C@@H]1CN(C(=O)c2ccc3n[nH]nc3c2)CCO1. The Morgan fingerprint density at radius 2 is 2.22 bits per heavy atom. The Bertz CT molecular complexity index is 667. The highest BCUT2D eigenvalue weighted by Crippen LogP contribution is 2.18. The first kappa shape index (κ1) is 15.9. The van der Waals surface area contributed by atoms with E-state index in [4.69, 9.17) is 4.74 Å². The molecule has 1 aliphatic rings. The van der Waals surface area contributed by atoms with Crippen LogP contribution in [0.2, 0.25) is 0 Å². The van der Waals surface area contributed by atoms with Gasteiger partial charge in [-0.2, -0.15) is 15.4 Å². The van der Waals surface area contributed by atoms with Crippen molar-refractivity contribution in [1.82, 2.24) is 20.3 Å². The summed E-state index contributed by atoms with van der Waals surface area (Å²) in [6.07, 6.45) is 3.53. The molecule has 3 rings (SSSR count). The van der Waals surface area contributed by atoms with Gasteiger partial charge in [-0.1, -0.05) is 26.7 Å². The van der Waals surface area contributed by atoms with Crippen molar-refractivity contribution in [3.05, 3.63) is 23.8 Å². The molecule has 0 aliphatic carbocycles. The van der Waals surface area contributed by atoms with Gasteiger partial charge >= 0.3 is 0 Å². The van der Waals surface area contributed by atoms with E-state index >= 15 is 0 Å². The van der Waals surface area contributed by atoms with Crippen LogP contribution in [0, 0.1) is 5.92 Å². The van der Waals surface area contributed by atoms with Crippen LogP contribution < -0.4 is 0 Å². The van der Waals surface area contributed by atoms with Gasteiger partial charge in [-0.3, -0.25) is 4.79 Å². The summed E-state index contributed by atoms with van der Waals surface area (Å²) in [7, 11) is 0. The van der Waals surface area contributed by atoms with Crippen LogP contribution in [-0.2, 0) is 4.74 Å². The number of carbonyl (C=O) groups is 1. The number of hydrogen-bond donors (Lipinski definition) is 1. The summed E-state index contributed by atoms with van der Waals surface area (Å²) in [6.45, 7) is 6.41. The van der Waals surface area contributed by atoms with E-state index in [0.717, 1.165) is 23.9 Å². The van der Waals surface area contributed by atoms with Crippen molar-refractivity contribution in [2.45, 2.75) is 39.2 Å². The number of benzene rings is 1. The molecule has 124 valence electrons. The normalized spacial score (nSPS) is 18.7. The van der Waals surface area contributed by atoms with Gasteiger partial charge in [0.05, 0.1) is 12.7 Å². The minimum atomic E-state index is 0.0482. The van der Waals surface area contributed by atoms with Gasteiger partial charge in [-0.05, 0) is 30.5 Å². The highest BCUT2D eigenvalue weighted by molar-refractivity contribution is 5.97. The number of fused-ring (bicyclic) bond motifs is 1. The number of rotatable bonds is 5. The summed E-state index contributed by atoms with van der Waals surface area (Å²) in [6, 6.07) is 5.44. The molecule has 1 N–H and O–H groups in total. The number of carbonyl (C=O) groups excluding carboxylic acids is 1. The fraction of sp³-hybridized carbons (Fsp3) is 0.588. The number of ether oxygens (including phenoxy) is 1. The lowest BCUT2D eigenvalue weighted by atomic mass is 10.0. The molecule has 0 radical (unpaired) electrons. The Balaban J connectivity index is 1.62. The molecule has 2 heterocycles. The Kier molecular flexibility index (Phi) is 4.91. The summed E-state index contributed by atoms with van der Waals surface area (Å²) in [4.78, 5) is 14.6. The molecule has 1 aromatic heterocycles. The predicted molar refractivity (Wildman–Crippen MR) is 88.2 cm³/mol. The van der Waals surface area contributed by atoms with Crippen LogP contribution in [0.5, 0.6) is 0 Å². The van der Waals surface area contributed by atoms with Gasteiger partial charge in [0, 0.05) is 18.7 Å². The van der Waals surface area contributed by atoms with Crippen molar-refractivity contribution in [2.24, 2.45) is 5.92 Å². The number of amides is 1. The van der Waals surface area contributed by atoms with Gasteiger partial charge in [-0.25, -0.2) is 0 Å². The summed E-state index contributed by atoms with van der Waals surface area (Å²) in [5.74, 6) is 0.762. The van der Waals surface area contributed by atoms with E-state index < -0.39 is 0 Å². The molecule has 1 fully saturated rings. The average molecular weight is 316 g/mol. The molecule has 23 heavy (non-hydrogen) atoms. The van der Waals surface area contributed by atoms with Crippen molar-refractivity contribution in [2.75, 3.05) is 19.7 Å². The first-order valence-corrected chi connectivity index (χ1v) is 8.35. The second kappa shape index (κ2) is 7.08. The van der Waals surface area contributed by atoms with Crippen molar-refractivity contribution in [3.8, 4) is 0 Å². The first-order valence-electron chi connectivity index (χ1n) is 8.35. The smallest absolute Gasteiger partial charge is 0.254 e. The maximum absolute atomic E-state index is 12.7. The van der Waals surface area contributed by atoms with Crippen molar-refractivity contribution < 1.29 is 9.53 Å². The molecule has 0 bridgehead atoms. The van der Waals surface area contributed by atoms with Gasteiger partial charge in [0.2, 0.25) is 0 Å². The zero-order valence-electron chi connectivity index (χ0n) is 13.8. The van der Waals surface area contributed by atoms with E-state index in [0.29, 0.717) is 31.2 Å².